The summed E-state index contributed by atoms with van der Waals surface area (Å²) >= 11 is 0. The zero-order valence-electron chi connectivity index (χ0n) is 18.2. The summed E-state index contributed by atoms with van der Waals surface area (Å²) in [5.41, 5.74) is 0.957. The van der Waals surface area contributed by atoms with E-state index in [0.29, 0.717) is 11.3 Å². The lowest BCUT2D eigenvalue weighted by molar-refractivity contribution is -0.385. The minimum atomic E-state index is -0.473. The first kappa shape index (κ1) is 23.0. The monoisotopic (exact) mass is 412 g/mol. The van der Waals surface area contributed by atoms with E-state index < -0.39 is 16.4 Å². The van der Waals surface area contributed by atoms with Crippen LogP contribution >= 0.6 is 0 Å². The van der Waals surface area contributed by atoms with Gasteiger partial charge in [-0.3, -0.25) is 24.7 Å². The third-order valence-corrected chi connectivity index (χ3v) is 4.26. The quantitative estimate of drug-likeness (QED) is 0.569. The van der Waals surface area contributed by atoms with Crippen LogP contribution in [0.25, 0.3) is 0 Å². The molecule has 0 fully saturated rings. The second-order valence-corrected chi connectivity index (χ2v) is 9.21. The van der Waals surface area contributed by atoms with E-state index in [-0.39, 0.29) is 29.1 Å². The van der Waals surface area contributed by atoms with Gasteiger partial charge in [-0.25, -0.2) is 0 Å². The van der Waals surface area contributed by atoms with Crippen LogP contribution in [0.15, 0.2) is 36.5 Å². The molecule has 8 nitrogen and oxygen atoms in total. The lowest BCUT2D eigenvalue weighted by atomic mass is 9.86. The number of pyridine rings is 1. The molecule has 1 aromatic carbocycles. The fraction of sp³-hybridized carbons (Fsp3) is 0.409. The van der Waals surface area contributed by atoms with Gasteiger partial charge in [0.1, 0.15) is 5.69 Å². The zero-order valence-corrected chi connectivity index (χ0v) is 18.2. The molecule has 2 rings (SSSR count). The molecular formula is C22H28N4O4. The molecule has 0 radical (unpaired) electrons. The highest BCUT2D eigenvalue weighted by Crippen LogP contribution is 2.29. The molecule has 0 spiro atoms. The van der Waals surface area contributed by atoms with Crippen molar-refractivity contribution in [1.29, 1.82) is 0 Å². The molecular weight excluding hydrogens is 384 g/mol. The number of benzene rings is 1. The smallest absolute Gasteiger partial charge is 0.273 e. The highest BCUT2D eigenvalue weighted by atomic mass is 16.6. The predicted molar refractivity (Wildman–Crippen MR) is 116 cm³/mol. The van der Waals surface area contributed by atoms with Crippen molar-refractivity contribution in [1.82, 2.24) is 10.3 Å². The summed E-state index contributed by atoms with van der Waals surface area (Å²) in [6, 6.07) is 7.97. The Bertz CT molecular complexity index is 972. The Morgan fingerprint density at radius 2 is 1.73 bits per heavy atom. The van der Waals surface area contributed by atoms with Gasteiger partial charge in [-0.1, -0.05) is 32.9 Å². The summed E-state index contributed by atoms with van der Waals surface area (Å²) in [6.45, 7) is 11.5. The fourth-order valence-electron chi connectivity index (χ4n) is 2.77. The Morgan fingerprint density at radius 3 is 2.30 bits per heavy atom. The molecule has 0 aliphatic rings. The summed E-state index contributed by atoms with van der Waals surface area (Å²) in [5.74, 6) is -0.776. The Morgan fingerprint density at radius 1 is 1.07 bits per heavy atom. The Kier molecular flexibility index (Phi) is 6.60. The Labute approximate surface area is 176 Å². The van der Waals surface area contributed by atoms with Gasteiger partial charge in [0.05, 0.1) is 11.3 Å². The first-order chi connectivity index (χ1) is 13.8. The molecule has 30 heavy (non-hydrogen) atoms. The van der Waals surface area contributed by atoms with E-state index in [0.717, 1.165) is 5.56 Å². The van der Waals surface area contributed by atoms with Crippen LogP contribution < -0.4 is 10.6 Å². The number of carbonyl (C=O) groups is 2. The Balaban J connectivity index is 2.17. The molecule has 0 saturated heterocycles. The van der Waals surface area contributed by atoms with Crippen molar-refractivity contribution in [2.75, 3.05) is 5.32 Å². The molecule has 1 heterocycles. The van der Waals surface area contributed by atoms with Gasteiger partial charge >= 0.3 is 0 Å². The summed E-state index contributed by atoms with van der Waals surface area (Å²) in [5, 5.41) is 17.0. The SMILES string of the molecule is CC(C)(C)NC(=O)c1cc(NC(=O)Cc2ccc(C(C)(C)C)cc2[N+](=O)[O-])ccn1. The molecule has 2 amide bonds. The van der Waals surface area contributed by atoms with Gasteiger partial charge in [0.2, 0.25) is 5.91 Å². The number of nitro benzene ring substituents is 1. The van der Waals surface area contributed by atoms with Crippen LogP contribution in [-0.4, -0.2) is 27.3 Å². The normalized spacial score (nSPS) is 11.7. The maximum absolute atomic E-state index is 12.5. The molecule has 8 heteroatoms. The number of nitrogens with zero attached hydrogens (tertiary/aromatic N) is 2. The number of aromatic nitrogens is 1. The number of anilines is 1. The van der Waals surface area contributed by atoms with Crippen LogP contribution in [0.5, 0.6) is 0 Å². The number of hydrogen-bond donors (Lipinski definition) is 2. The summed E-state index contributed by atoms with van der Waals surface area (Å²) in [4.78, 5) is 39.8. The average Bonchev–Trinajstić information content (AvgIpc) is 2.59. The van der Waals surface area contributed by atoms with Crippen molar-refractivity contribution in [2.24, 2.45) is 0 Å². The molecule has 0 bridgehead atoms. The lowest BCUT2D eigenvalue weighted by Gasteiger charge is -2.20. The molecule has 0 atom stereocenters. The molecule has 2 aromatic rings. The predicted octanol–water partition coefficient (Wildman–Crippen LogP) is 4.00. The minimum Gasteiger partial charge on any atom is -0.346 e. The number of nitrogens with one attached hydrogen (secondary N) is 2. The topological polar surface area (TPSA) is 114 Å². The summed E-state index contributed by atoms with van der Waals surface area (Å²) in [7, 11) is 0. The standard InChI is InChI=1S/C22H28N4O4/c1-21(2,3)15-8-7-14(18(12-15)26(29)30)11-19(27)24-16-9-10-23-17(13-16)20(28)25-22(4,5)6/h7-10,12-13H,11H2,1-6H3,(H,25,28)(H,23,24,27). The van der Waals surface area contributed by atoms with Gasteiger partial charge in [-0.05, 0) is 43.9 Å². The van der Waals surface area contributed by atoms with Crippen molar-refractivity contribution < 1.29 is 14.5 Å². The number of nitro groups is 1. The maximum atomic E-state index is 12.5. The second-order valence-electron chi connectivity index (χ2n) is 9.21. The zero-order chi connectivity index (χ0) is 22.7. The third kappa shape index (κ3) is 6.37. The average molecular weight is 412 g/mol. The Hall–Kier alpha value is -3.29. The third-order valence-electron chi connectivity index (χ3n) is 4.26. The molecule has 160 valence electrons. The van der Waals surface area contributed by atoms with E-state index in [9.17, 15) is 19.7 Å². The molecule has 0 unspecified atom stereocenters. The number of carbonyl (C=O) groups excluding carboxylic acids is 2. The first-order valence-electron chi connectivity index (χ1n) is 9.62. The van der Waals surface area contributed by atoms with Crippen LogP contribution in [0.2, 0.25) is 0 Å². The number of hydrogen-bond acceptors (Lipinski definition) is 5. The van der Waals surface area contributed by atoms with Crippen molar-refractivity contribution in [3.63, 3.8) is 0 Å². The van der Waals surface area contributed by atoms with E-state index in [1.165, 1.54) is 18.3 Å². The molecule has 0 saturated carbocycles. The van der Waals surface area contributed by atoms with Crippen LogP contribution in [0, 0.1) is 10.1 Å². The van der Waals surface area contributed by atoms with E-state index in [4.69, 9.17) is 0 Å². The van der Waals surface area contributed by atoms with Crippen molar-refractivity contribution in [3.05, 3.63) is 63.5 Å². The van der Waals surface area contributed by atoms with Gasteiger partial charge < -0.3 is 10.6 Å². The maximum Gasteiger partial charge on any atom is 0.273 e. The molecule has 0 aliphatic heterocycles. The van der Waals surface area contributed by atoms with Crippen LogP contribution in [0.1, 0.15) is 63.2 Å². The largest absolute Gasteiger partial charge is 0.346 e. The summed E-state index contributed by atoms with van der Waals surface area (Å²) in [6.07, 6.45) is 1.26. The van der Waals surface area contributed by atoms with E-state index in [1.54, 1.807) is 18.2 Å². The minimum absolute atomic E-state index is 0.0856. The second kappa shape index (κ2) is 8.61. The fourth-order valence-corrected chi connectivity index (χ4v) is 2.77. The van der Waals surface area contributed by atoms with Gasteiger partial charge in [0.25, 0.3) is 11.6 Å². The number of amides is 2. The van der Waals surface area contributed by atoms with Gasteiger partial charge in [-0.15, -0.1) is 0 Å². The number of rotatable bonds is 5. The molecule has 2 N–H and O–H groups in total. The first-order valence-corrected chi connectivity index (χ1v) is 9.62. The molecule has 0 aliphatic carbocycles. The van der Waals surface area contributed by atoms with E-state index >= 15 is 0 Å². The lowest BCUT2D eigenvalue weighted by Crippen LogP contribution is -2.40. The van der Waals surface area contributed by atoms with Crippen molar-refractivity contribution in [3.8, 4) is 0 Å². The van der Waals surface area contributed by atoms with Crippen LogP contribution in [-0.2, 0) is 16.6 Å². The molecule has 1 aromatic heterocycles. The van der Waals surface area contributed by atoms with Crippen molar-refractivity contribution >= 4 is 23.2 Å². The highest BCUT2D eigenvalue weighted by Gasteiger charge is 2.22. The van der Waals surface area contributed by atoms with E-state index in [1.807, 2.05) is 41.5 Å². The summed E-state index contributed by atoms with van der Waals surface area (Å²) < 4.78 is 0. The highest BCUT2D eigenvalue weighted by molar-refractivity contribution is 5.96. The van der Waals surface area contributed by atoms with Gasteiger partial charge in [-0.2, -0.15) is 0 Å². The van der Waals surface area contributed by atoms with Crippen LogP contribution in [0.4, 0.5) is 11.4 Å². The van der Waals surface area contributed by atoms with E-state index in [2.05, 4.69) is 15.6 Å². The van der Waals surface area contributed by atoms with Crippen LogP contribution in [0.3, 0.4) is 0 Å². The van der Waals surface area contributed by atoms with Crippen molar-refractivity contribution in [2.45, 2.75) is 58.9 Å². The van der Waals surface area contributed by atoms with Gasteiger partial charge in [0.15, 0.2) is 0 Å². The van der Waals surface area contributed by atoms with Gasteiger partial charge in [0, 0.05) is 29.1 Å².